The maximum absolute atomic E-state index is 13.5. The fourth-order valence-corrected chi connectivity index (χ4v) is 3.85. The molecule has 1 saturated heterocycles. The second-order valence-electron chi connectivity index (χ2n) is 7.17. The summed E-state index contributed by atoms with van der Waals surface area (Å²) in [6.45, 7) is 2.18. The summed E-state index contributed by atoms with van der Waals surface area (Å²) in [6, 6.07) is 13.9. The number of carbonyl (C=O) groups is 1. The number of aromatic amines is 1. The van der Waals surface area contributed by atoms with Crippen molar-refractivity contribution in [2.75, 3.05) is 6.54 Å². The zero-order chi connectivity index (χ0) is 19.7. The molecule has 0 aliphatic carbocycles. The highest BCUT2D eigenvalue weighted by atomic mass is 19.1. The number of nitrogens with one attached hydrogen (secondary N) is 1. The Bertz CT molecular complexity index is 1090. The van der Waals surface area contributed by atoms with Gasteiger partial charge in [-0.15, -0.1) is 0 Å². The number of aromatic nitrogens is 1. The van der Waals surface area contributed by atoms with Gasteiger partial charge in [-0.25, -0.2) is 14.0 Å². The summed E-state index contributed by atoms with van der Waals surface area (Å²) < 4.78 is 19.0. The van der Waals surface area contributed by atoms with E-state index in [2.05, 4.69) is 4.98 Å². The Balaban J connectivity index is 1.66. The molecule has 142 valence electrons. The predicted molar refractivity (Wildman–Crippen MR) is 103 cm³/mol. The van der Waals surface area contributed by atoms with E-state index in [0.29, 0.717) is 17.5 Å². The van der Waals surface area contributed by atoms with Crippen molar-refractivity contribution >= 4 is 22.9 Å². The molecule has 1 aliphatic heterocycles. The van der Waals surface area contributed by atoms with Crippen molar-refractivity contribution in [3.05, 3.63) is 77.2 Å². The van der Waals surface area contributed by atoms with Crippen molar-refractivity contribution in [1.82, 2.24) is 9.88 Å². The van der Waals surface area contributed by atoms with Crippen LogP contribution >= 0.6 is 0 Å². The molecule has 4 rings (SSSR count). The maximum Gasteiger partial charge on any atom is 0.411 e. The minimum Gasteiger partial charge on any atom is -0.445 e. The Morgan fingerprint density at radius 2 is 2.07 bits per heavy atom. The Hall–Kier alpha value is -3.37. The van der Waals surface area contributed by atoms with Crippen molar-refractivity contribution in [3.63, 3.8) is 0 Å². The van der Waals surface area contributed by atoms with E-state index < -0.39 is 11.6 Å². The second-order valence-corrected chi connectivity index (χ2v) is 7.17. The van der Waals surface area contributed by atoms with Crippen molar-refractivity contribution in [3.8, 4) is 0 Å². The lowest BCUT2D eigenvalue weighted by molar-refractivity contribution is 0.0699. The summed E-state index contributed by atoms with van der Waals surface area (Å²) in [5.74, 6) is 1.60. The molecule has 1 atom stereocenters. The number of hydrogen-bond donors (Lipinski definition) is 1. The molecule has 1 N–H and O–H groups in total. The van der Waals surface area contributed by atoms with Crippen LogP contribution < -0.4 is 0 Å². The first kappa shape index (κ1) is 18.0. The standard InChI is InChI=1S/C22H19FN2O3/c1-22(19-11-24-20-9-17(23)7-8-18(19)20)10-16(13-26)12-25(22)21(27)28-14-15-5-3-2-4-6-15/h2-9,11,24H,10,12,14H2,1H3/t22-/m1/s1. The zero-order valence-corrected chi connectivity index (χ0v) is 15.4. The van der Waals surface area contributed by atoms with Gasteiger partial charge in [0.05, 0.1) is 12.1 Å². The van der Waals surface area contributed by atoms with Gasteiger partial charge in [-0.1, -0.05) is 30.3 Å². The van der Waals surface area contributed by atoms with E-state index in [1.165, 1.54) is 12.1 Å². The number of rotatable bonds is 3. The largest absolute Gasteiger partial charge is 0.445 e. The molecule has 0 spiro atoms. The molecule has 1 amide bonds. The molecule has 1 fully saturated rings. The molecule has 2 heterocycles. The van der Waals surface area contributed by atoms with Gasteiger partial charge in [0.15, 0.2) is 0 Å². The molecular weight excluding hydrogens is 359 g/mol. The number of nitrogens with zero attached hydrogens (tertiary/aromatic N) is 1. The first-order valence-electron chi connectivity index (χ1n) is 8.99. The molecule has 2 aromatic carbocycles. The number of carbonyl (C=O) groups excluding carboxylic acids is 2. The summed E-state index contributed by atoms with van der Waals surface area (Å²) in [7, 11) is 0. The third kappa shape index (κ3) is 3.08. The molecular formula is C22H19FN2O3. The highest BCUT2D eigenvalue weighted by Gasteiger charge is 2.46. The van der Waals surface area contributed by atoms with Crippen LogP contribution in [0.3, 0.4) is 0 Å². The van der Waals surface area contributed by atoms with E-state index >= 15 is 0 Å². The van der Waals surface area contributed by atoms with Crippen LogP contribution in [-0.4, -0.2) is 28.5 Å². The summed E-state index contributed by atoms with van der Waals surface area (Å²) in [4.78, 5) is 28.8. The first-order chi connectivity index (χ1) is 13.5. The number of fused-ring (bicyclic) bond motifs is 1. The van der Waals surface area contributed by atoms with Gasteiger partial charge in [0.2, 0.25) is 0 Å². The van der Waals surface area contributed by atoms with Gasteiger partial charge in [0.1, 0.15) is 18.4 Å². The Labute approximate surface area is 161 Å². The van der Waals surface area contributed by atoms with Crippen molar-refractivity contribution in [2.45, 2.75) is 25.5 Å². The Morgan fingerprint density at radius 3 is 2.82 bits per heavy atom. The minimum absolute atomic E-state index is 0.144. The van der Waals surface area contributed by atoms with E-state index in [1.807, 2.05) is 43.2 Å². The van der Waals surface area contributed by atoms with Crippen molar-refractivity contribution in [1.29, 1.82) is 0 Å². The lowest BCUT2D eigenvalue weighted by atomic mass is 9.88. The lowest BCUT2D eigenvalue weighted by Gasteiger charge is -2.34. The SMILES string of the molecule is C[C@]1(c2c[nH]c3cc(F)ccc23)CC(=C=O)CN1C(=O)OCc1ccccc1. The molecule has 0 bridgehead atoms. The van der Waals surface area contributed by atoms with E-state index in [-0.39, 0.29) is 19.0 Å². The topological polar surface area (TPSA) is 62.4 Å². The van der Waals surface area contributed by atoms with Crippen LogP contribution in [0.15, 0.2) is 60.3 Å². The number of ether oxygens (including phenoxy) is 1. The highest BCUT2D eigenvalue weighted by Crippen LogP contribution is 2.43. The van der Waals surface area contributed by atoms with Gasteiger partial charge in [-0.3, -0.25) is 4.90 Å². The summed E-state index contributed by atoms with van der Waals surface area (Å²) in [5.41, 5.74) is 2.03. The third-order valence-electron chi connectivity index (χ3n) is 5.30. The monoisotopic (exact) mass is 378 g/mol. The van der Waals surface area contributed by atoms with Crippen LogP contribution in [0.2, 0.25) is 0 Å². The van der Waals surface area contributed by atoms with Gasteiger partial charge in [-0.05, 0) is 30.7 Å². The van der Waals surface area contributed by atoms with E-state index in [9.17, 15) is 14.0 Å². The van der Waals surface area contributed by atoms with Crippen LogP contribution in [0.4, 0.5) is 9.18 Å². The average molecular weight is 378 g/mol. The summed E-state index contributed by atoms with van der Waals surface area (Å²) >= 11 is 0. The highest BCUT2D eigenvalue weighted by molar-refractivity contribution is 5.85. The quantitative estimate of drug-likeness (QED) is 0.691. The van der Waals surface area contributed by atoms with Gasteiger partial charge < -0.3 is 9.72 Å². The molecule has 6 heteroatoms. The number of halogens is 1. The Kier molecular flexibility index (Phi) is 4.49. The van der Waals surface area contributed by atoms with E-state index in [0.717, 1.165) is 16.5 Å². The van der Waals surface area contributed by atoms with Crippen LogP contribution in [0, 0.1) is 5.82 Å². The molecule has 0 saturated carbocycles. The normalized spacial score (nSPS) is 19.1. The fourth-order valence-electron chi connectivity index (χ4n) is 3.85. The van der Waals surface area contributed by atoms with Gasteiger partial charge >= 0.3 is 6.09 Å². The summed E-state index contributed by atoms with van der Waals surface area (Å²) in [6.07, 6.45) is 1.60. The number of hydrogen-bond acceptors (Lipinski definition) is 3. The van der Waals surface area contributed by atoms with Crippen LogP contribution in [0.25, 0.3) is 10.9 Å². The number of H-pyrrole nitrogens is 1. The first-order valence-corrected chi connectivity index (χ1v) is 8.99. The number of benzene rings is 2. The van der Waals surface area contributed by atoms with Crippen LogP contribution in [-0.2, 0) is 21.7 Å². The molecule has 0 unspecified atom stereocenters. The third-order valence-corrected chi connectivity index (χ3v) is 5.30. The maximum atomic E-state index is 13.5. The Morgan fingerprint density at radius 1 is 1.29 bits per heavy atom. The zero-order valence-electron chi connectivity index (χ0n) is 15.4. The van der Waals surface area contributed by atoms with Gasteiger partial charge in [0, 0.05) is 34.7 Å². The second kappa shape index (κ2) is 6.98. The van der Waals surface area contributed by atoms with E-state index in [1.54, 1.807) is 17.2 Å². The molecule has 28 heavy (non-hydrogen) atoms. The van der Waals surface area contributed by atoms with E-state index in [4.69, 9.17) is 4.74 Å². The number of likely N-dealkylation sites (tertiary alicyclic amines) is 1. The minimum atomic E-state index is -0.795. The molecule has 1 aromatic heterocycles. The smallest absolute Gasteiger partial charge is 0.411 e. The van der Waals surface area contributed by atoms with Crippen LogP contribution in [0.5, 0.6) is 0 Å². The molecule has 3 aromatic rings. The molecule has 0 radical (unpaired) electrons. The van der Waals surface area contributed by atoms with Crippen molar-refractivity contribution in [2.24, 2.45) is 0 Å². The number of amides is 1. The van der Waals surface area contributed by atoms with Crippen molar-refractivity contribution < 1.29 is 18.7 Å². The predicted octanol–water partition coefficient (Wildman–Crippen LogP) is 4.32. The molecule has 5 nitrogen and oxygen atoms in total. The molecule has 1 aliphatic rings. The lowest BCUT2D eigenvalue weighted by Crippen LogP contribution is -2.43. The fraction of sp³-hybridized carbons (Fsp3) is 0.227. The summed E-state index contributed by atoms with van der Waals surface area (Å²) in [5, 5.41) is 0.803. The van der Waals surface area contributed by atoms with Gasteiger partial charge in [-0.2, -0.15) is 0 Å². The average Bonchev–Trinajstić information content (AvgIpc) is 3.28. The van der Waals surface area contributed by atoms with Gasteiger partial charge in [0.25, 0.3) is 0 Å². The van der Waals surface area contributed by atoms with Crippen LogP contribution in [0.1, 0.15) is 24.5 Å².